The molecule has 0 saturated heterocycles. The minimum atomic E-state index is -0.924. The van der Waals surface area contributed by atoms with Crippen molar-refractivity contribution in [3.05, 3.63) is 70.0 Å². The van der Waals surface area contributed by atoms with Crippen LogP contribution < -0.4 is 5.32 Å². The van der Waals surface area contributed by atoms with Crippen molar-refractivity contribution < 1.29 is 14.3 Å². The Morgan fingerprint density at radius 3 is 2.10 bits per heavy atom. The highest BCUT2D eigenvalue weighted by Gasteiger charge is 2.04. The Morgan fingerprint density at radius 2 is 1.57 bits per heavy atom. The first kappa shape index (κ1) is 15.2. The second kappa shape index (κ2) is 6.50. The smallest absolute Gasteiger partial charge is 0.335 e. The zero-order valence-corrected chi connectivity index (χ0v) is 12.1. The summed E-state index contributed by atoms with van der Waals surface area (Å²) in [5.74, 6) is -1.07. The van der Waals surface area contributed by atoms with Gasteiger partial charge in [-0.1, -0.05) is 24.3 Å². The van der Waals surface area contributed by atoms with Crippen LogP contribution >= 0.6 is 0 Å². The van der Waals surface area contributed by atoms with E-state index in [-0.39, 0.29) is 11.4 Å². The quantitative estimate of drug-likeness (QED) is 0.885. The lowest BCUT2D eigenvalue weighted by atomic mass is 10.1. The van der Waals surface area contributed by atoms with Crippen molar-refractivity contribution in [2.75, 3.05) is 0 Å². The fourth-order valence-electron chi connectivity index (χ4n) is 2.25. The van der Waals surface area contributed by atoms with E-state index in [2.05, 4.69) is 5.32 Å². The monoisotopic (exact) mass is 287 g/mol. The predicted octanol–water partition coefficient (Wildman–Crippen LogP) is 3.43. The first-order valence-electron chi connectivity index (χ1n) is 6.76. The SMILES string of the molecule is Cc1cc(CNCc2ccc(C(=O)O)cc2)cc(C)c1F. The van der Waals surface area contributed by atoms with E-state index in [0.717, 1.165) is 11.1 Å². The van der Waals surface area contributed by atoms with Crippen molar-refractivity contribution in [3.8, 4) is 0 Å². The molecule has 3 nitrogen and oxygen atoms in total. The summed E-state index contributed by atoms with van der Waals surface area (Å²) in [4.78, 5) is 10.8. The van der Waals surface area contributed by atoms with E-state index in [4.69, 9.17) is 5.11 Å². The van der Waals surface area contributed by atoms with Gasteiger partial charge in [-0.25, -0.2) is 9.18 Å². The Kier molecular flexibility index (Phi) is 4.70. The van der Waals surface area contributed by atoms with E-state index in [1.165, 1.54) is 0 Å². The average Bonchev–Trinajstić information content (AvgIpc) is 2.45. The molecule has 110 valence electrons. The number of carboxylic acid groups (broad SMARTS) is 1. The van der Waals surface area contributed by atoms with Crippen LogP contribution in [0.1, 0.15) is 32.6 Å². The Labute approximate surface area is 123 Å². The minimum absolute atomic E-state index is 0.150. The Hall–Kier alpha value is -2.20. The molecular formula is C17H18FNO2. The van der Waals surface area contributed by atoms with E-state index < -0.39 is 5.97 Å². The second-order valence-electron chi connectivity index (χ2n) is 5.15. The number of rotatable bonds is 5. The van der Waals surface area contributed by atoms with Gasteiger partial charge in [-0.15, -0.1) is 0 Å². The summed E-state index contributed by atoms with van der Waals surface area (Å²) in [5, 5.41) is 12.1. The molecule has 0 aliphatic carbocycles. The van der Waals surface area contributed by atoms with Gasteiger partial charge in [0.05, 0.1) is 5.56 Å². The van der Waals surface area contributed by atoms with Gasteiger partial charge >= 0.3 is 5.97 Å². The van der Waals surface area contributed by atoms with Crippen molar-refractivity contribution >= 4 is 5.97 Å². The Bertz CT molecular complexity index is 627. The van der Waals surface area contributed by atoms with Gasteiger partial charge in [0.2, 0.25) is 0 Å². The van der Waals surface area contributed by atoms with Crippen LogP contribution in [0.5, 0.6) is 0 Å². The van der Waals surface area contributed by atoms with Gasteiger partial charge in [-0.2, -0.15) is 0 Å². The number of carboxylic acids is 1. The van der Waals surface area contributed by atoms with Crippen molar-refractivity contribution in [1.29, 1.82) is 0 Å². The maximum Gasteiger partial charge on any atom is 0.335 e. The van der Waals surface area contributed by atoms with Crippen LogP contribution in [0.2, 0.25) is 0 Å². The van der Waals surface area contributed by atoms with Crippen LogP contribution in [0.15, 0.2) is 36.4 Å². The van der Waals surface area contributed by atoms with Gasteiger partial charge in [0.25, 0.3) is 0 Å². The summed E-state index contributed by atoms with van der Waals surface area (Å²) in [6.45, 7) is 4.80. The third-order valence-electron chi connectivity index (χ3n) is 3.36. The molecule has 0 unspecified atom stereocenters. The summed E-state index contributed by atoms with van der Waals surface area (Å²) in [6, 6.07) is 10.4. The molecule has 0 saturated carbocycles. The minimum Gasteiger partial charge on any atom is -0.478 e. The number of hydrogen-bond donors (Lipinski definition) is 2. The lowest BCUT2D eigenvalue weighted by Crippen LogP contribution is -2.13. The number of nitrogens with one attached hydrogen (secondary N) is 1. The molecule has 0 bridgehead atoms. The number of aromatic carboxylic acids is 1. The van der Waals surface area contributed by atoms with Crippen LogP contribution in [0, 0.1) is 19.7 Å². The van der Waals surface area contributed by atoms with E-state index in [9.17, 15) is 9.18 Å². The third-order valence-corrected chi connectivity index (χ3v) is 3.36. The van der Waals surface area contributed by atoms with Gasteiger partial charge in [-0.05, 0) is 48.2 Å². The van der Waals surface area contributed by atoms with E-state index in [1.54, 1.807) is 38.1 Å². The third kappa shape index (κ3) is 3.89. The first-order valence-corrected chi connectivity index (χ1v) is 6.76. The molecule has 2 aromatic rings. The Morgan fingerprint density at radius 1 is 1.05 bits per heavy atom. The highest BCUT2D eigenvalue weighted by molar-refractivity contribution is 5.87. The van der Waals surface area contributed by atoms with Gasteiger partial charge < -0.3 is 10.4 Å². The van der Waals surface area contributed by atoms with Crippen LogP contribution in [0.4, 0.5) is 4.39 Å². The zero-order valence-electron chi connectivity index (χ0n) is 12.1. The fraction of sp³-hybridized carbons (Fsp3) is 0.235. The lowest BCUT2D eigenvalue weighted by molar-refractivity contribution is 0.0697. The average molecular weight is 287 g/mol. The van der Waals surface area contributed by atoms with Gasteiger partial charge in [0.15, 0.2) is 0 Å². The van der Waals surface area contributed by atoms with E-state index in [1.807, 2.05) is 12.1 Å². The molecule has 0 spiro atoms. The Balaban J connectivity index is 1.94. The van der Waals surface area contributed by atoms with Gasteiger partial charge in [0, 0.05) is 13.1 Å². The summed E-state index contributed by atoms with van der Waals surface area (Å²) in [6.07, 6.45) is 0. The van der Waals surface area contributed by atoms with Crippen molar-refractivity contribution in [2.45, 2.75) is 26.9 Å². The van der Waals surface area contributed by atoms with Crippen LogP contribution in [0.3, 0.4) is 0 Å². The van der Waals surface area contributed by atoms with Crippen molar-refractivity contribution in [1.82, 2.24) is 5.32 Å². The normalized spacial score (nSPS) is 10.6. The van der Waals surface area contributed by atoms with Gasteiger partial charge in [-0.3, -0.25) is 0 Å². The molecule has 0 aromatic heterocycles. The van der Waals surface area contributed by atoms with Crippen molar-refractivity contribution in [2.24, 2.45) is 0 Å². The van der Waals surface area contributed by atoms with Crippen LogP contribution in [0.25, 0.3) is 0 Å². The highest BCUT2D eigenvalue weighted by atomic mass is 19.1. The molecule has 0 radical (unpaired) electrons. The fourth-order valence-corrected chi connectivity index (χ4v) is 2.25. The largest absolute Gasteiger partial charge is 0.478 e. The van der Waals surface area contributed by atoms with Gasteiger partial charge in [0.1, 0.15) is 5.82 Å². The molecule has 0 atom stereocenters. The molecule has 0 amide bonds. The molecule has 2 N–H and O–H groups in total. The summed E-state index contributed by atoms with van der Waals surface area (Å²) in [5.41, 5.74) is 3.63. The zero-order chi connectivity index (χ0) is 15.4. The number of carbonyl (C=O) groups is 1. The molecule has 0 fully saturated rings. The number of aryl methyl sites for hydroxylation is 2. The predicted molar refractivity (Wildman–Crippen MR) is 79.8 cm³/mol. The molecular weight excluding hydrogens is 269 g/mol. The topological polar surface area (TPSA) is 49.3 Å². The van der Waals surface area contributed by atoms with E-state index in [0.29, 0.717) is 24.2 Å². The molecule has 4 heteroatoms. The molecule has 21 heavy (non-hydrogen) atoms. The number of hydrogen-bond acceptors (Lipinski definition) is 2. The second-order valence-corrected chi connectivity index (χ2v) is 5.15. The number of halogens is 1. The van der Waals surface area contributed by atoms with E-state index >= 15 is 0 Å². The summed E-state index contributed by atoms with van der Waals surface area (Å²) in [7, 11) is 0. The van der Waals surface area contributed by atoms with Crippen molar-refractivity contribution in [3.63, 3.8) is 0 Å². The summed E-state index contributed by atoms with van der Waals surface area (Å²) >= 11 is 0. The molecule has 0 aliphatic rings. The molecule has 0 heterocycles. The van der Waals surface area contributed by atoms with Crippen LogP contribution in [-0.4, -0.2) is 11.1 Å². The molecule has 2 aromatic carbocycles. The van der Waals surface area contributed by atoms with Crippen LogP contribution in [-0.2, 0) is 13.1 Å². The summed E-state index contributed by atoms with van der Waals surface area (Å²) < 4.78 is 13.5. The lowest BCUT2D eigenvalue weighted by Gasteiger charge is -2.09. The maximum atomic E-state index is 13.5. The molecule has 0 aliphatic heterocycles. The standard InChI is InChI=1S/C17H18FNO2/c1-11-7-14(8-12(2)16(11)18)10-19-9-13-3-5-15(6-4-13)17(20)21/h3-8,19H,9-10H2,1-2H3,(H,20,21). The number of benzene rings is 2. The molecule has 2 rings (SSSR count). The maximum absolute atomic E-state index is 13.5. The first-order chi connectivity index (χ1) is 9.97. The highest BCUT2D eigenvalue weighted by Crippen LogP contribution is 2.14.